The molecular formula is C19H25N3O5S. The van der Waals surface area contributed by atoms with Crippen LogP contribution in [-0.4, -0.2) is 49.8 Å². The van der Waals surface area contributed by atoms with Crippen LogP contribution in [0.5, 0.6) is 5.75 Å². The predicted molar refractivity (Wildman–Crippen MR) is 103 cm³/mol. The van der Waals surface area contributed by atoms with Gasteiger partial charge in [-0.3, -0.25) is 9.59 Å². The SMILES string of the molecule is Cc1cc2c(cc1S(=O)(=O)N1CCCC1C(=O)NC1CCCC1)OCC(=O)N2. The third kappa shape index (κ3) is 3.48. The standard InChI is InChI=1S/C19H25N3O5S/c1-12-9-14-16(27-11-18(23)21-14)10-17(12)28(25,26)22-8-4-7-15(22)19(24)20-13-5-2-3-6-13/h9-10,13,15H,2-8,11H2,1H3,(H,20,24)(H,21,23). The highest BCUT2D eigenvalue weighted by molar-refractivity contribution is 7.89. The van der Waals surface area contributed by atoms with Crippen molar-refractivity contribution >= 4 is 27.5 Å². The molecule has 1 aliphatic carbocycles. The van der Waals surface area contributed by atoms with Gasteiger partial charge in [0.1, 0.15) is 11.8 Å². The Kier molecular flexibility index (Phi) is 5.05. The van der Waals surface area contributed by atoms with Crippen LogP contribution in [0.4, 0.5) is 5.69 Å². The van der Waals surface area contributed by atoms with E-state index in [1.54, 1.807) is 13.0 Å². The lowest BCUT2D eigenvalue weighted by Crippen LogP contribution is -2.48. The highest BCUT2D eigenvalue weighted by atomic mass is 32.2. The van der Waals surface area contributed by atoms with Gasteiger partial charge in [0.25, 0.3) is 5.91 Å². The molecule has 0 spiro atoms. The number of nitrogens with zero attached hydrogens (tertiary/aromatic N) is 1. The first-order chi connectivity index (χ1) is 13.4. The lowest BCUT2D eigenvalue weighted by Gasteiger charge is -2.26. The molecule has 9 heteroatoms. The van der Waals surface area contributed by atoms with E-state index in [9.17, 15) is 18.0 Å². The molecule has 2 aliphatic heterocycles. The molecule has 2 heterocycles. The number of sulfonamides is 1. The van der Waals surface area contributed by atoms with Crippen LogP contribution in [-0.2, 0) is 19.6 Å². The second kappa shape index (κ2) is 7.36. The summed E-state index contributed by atoms with van der Waals surface area (Å²) < 4.78 is 33.4. The van der Waals surface area contributed by atoms with E-state index in [1.165, 1.54) is 10.4 Å². The topological polar surface area (TPSA) is 105 Å². The van der Waals surface area contributed by atoms with Gasteiger partial charge < -0.3 is 15.4 Å². The van der Waals surface area contributed by atoms with Gasteiger partial charge in [0.05, 0.1) is 10.6 Å². The third-order valence-corrected chi connectivity index (χ3v) is 7.75. The highest BCUT2D eigenvalue weighted by Gasteiger charge is 2.41. The molecule has 1 atom stereocenters. The maximum absolute atomic E-state index is 13.4. The molecule has 2 amide bonds. The lowest BCUT2D eigenvalue weighted by atomic mass is 10.2. The zero-order chi connectivity index (χ0) is 19.9. The highest BCUT2D eigenvalue weighted by Crippen LogP contribution is 2.36. The molecule has 1 unspecified atom stereocenters. The minimum Gasteiger partial charge on any atom is -0.482 e. The van der Waals surface area contributed by atoms with Crippen molar-refractivity contribution in [3.63, 3.8) is 0 Å². The zero-order valence-electron chi connectivity index (χ0n) is 15.9. The van der Waals surface area contributed by atoms with Gasteiger partial charge in [0.2, 0.25) is 15.9 Å². The molecule has 0 aromatic heterocycles. The number of rotatable bonds is 4. The minimum absolute atomic E-state index is 0.114. The Bertz CT molecular complexity index is 908. The predicted octanol–water partition coefficient (Wildman–Crippen LogP) is 1.54. The van der Waals surface area contributed by atoms with Gasteiger partial charge in [0, 0.05) is 18.7 Å². The summed E-state index contributed by atoms with van der Waals surface area (Å²) in [6.07, 6.45) is 5.29. The molecule has 0 radical (unpaired) electrons. The van der Waals surface area contributed by atoms with E-state index in [0.717, 1.165) is 25.7 Å². The van der Waals surface area contributed by atoms with Gasteiger partial charge in [-0.1, -0.05) is 12.8 Å². The Morgan fingerprint density at radius 2 is 1.96 bits per heavy atom. The van der Waals surface area contributed by atoms with Crippen molar-refractivity contribution in [2.45, 2.75) is 62.4 Å². The van der Waals surface area contributed by atoms with Gasteiger partial charge in [0.15, 0.2) is 6.61 Å². The van der Waals surface area contributed by atoms with E-state index in [-0.39, 0.29) is 29.4 Å². The smallest absolute Gasteiger partial charge is 0.262 e. The van der Waals surface area contributed by atoms with Gasteiger partial charge in [-0.25, -0.2) is 8.42 Å². The average molecular weight is 407 g/mol. The maximum atomic E-state index is 13.4. The molecule has 152 valence electrons. The summed E-state index contributed by atoms with van der Waals surface area (Å²) >= 11 is 0. The number of ether oxygens (including phenoxy) is 1. The molecule has 1 aromatic rings. The Balaban J connectivity index is 1.60. The number of hydrogen-bond donors (Lipinski definition) is 2. The summed E-state index contributed by atoms with van der Waals surface area (Å²) in [6, 6.07) is 2.52. The van der Waals surface area contributed by atoms with Gasteiger partial charge in [-0.15, -0.1) is 0 Å². The van der Waals surface area contributed by atoms with E-state index in [2.05, 4.69) is 10.6 Å². The lowest BCUT2D eigenvalue weighted by molar-refractivity contribution is -0.125. The molecule has 1 aromatic carbocycles. The van der Waals surface area contributed by atoms with Crippen LogP contribution in [0.15, 0.2) is 17.0 Å². The summed E-state index contributed by atoms with van der Waals surface area (Å²) in [5, 5.41) is 5.71. The van der Waals surface area contributed by atoms with Gasteiger partial charge in [-0.05, 0) is 44.2 Å². The molecule has 28 heavy (non-hydrogen) atoms. The van der Waals surface area contributed by atoms with E-state index in [0.29, 0.717) is 36.4 Å². The van der Waals surface area contributed by atoms with Crippen LogP contribution >= 0.6 is 0 Å². The summed E-state index contributed by atoms with van der Waals surface area (Å²) in [5.41, 5.74) is 0.969. The number of aryl methyl sites for hydroxylation is 1. The number of amides is 2. The Morgan fingerprint density at radius 1 is 1.21 bits per heavy atom. The molecule has 1 saturated carbocycles. The molecule has 3 aliphatic rings. The Labute approximate surface area is 164 Å². The fourth-order valence-electron chi connectivity index (χ4n) is 4.28. The number of nitrogens with one attached hydrogen (secondary N) is 2. The number of carbonyl (C=O) groups excluding carboxylic acids is 2. The second-order valence-electron chi connectivity index (χ2n) is 7.71. The van der Waals surface area contributed by atoms with Crippen molar-refractivity contribution in [3.8, 4) is 5.75 Å². The summed E-state index contributed by atoms with van der Waals surface area (Å²) in [6.45, 7) is 1.85. The molecule has 1 saturated heterocycles. The van der Waals surface area contributed by atoms with Gasteiger partial charge >= 0.3 is 0 Å². The van der Waals surface area contributed by atoms with Gasteiger partial charge in [-0.2, -0.15) is 4.31 Å². The average Bonchev–Trinajstić information content (AvgIpc) is 3.32. The number of fused-ring (bicyclic) bond motifs is 1. The second-order valence-corrected chi connectivity index (χ2v) is 9.57. The van der Waals surface area contributed by atoms with E-state index >= 15 is 0 Å². The molecule has 8 nitrogen and oxygen atoms in total. The van der Waals surface area contributed by atoms with Crippen LogP contribution in [0, 0.1) is 6.92 Å². The monoisotopic (exact) mass is 407 g/mol. The number of benzene rings is 1. The fraction of sp³-hybridized carbons (Fsp3) is 0.579. The molecule has 0 bridgehead atoms. The van der Waals surface area contributed by atoms with Crippen molar-refractivity contribution in [2.75, 3.05) is 18.5 Å². The molecular weight excluding hydrogens is 382 g/mol. The molecule has 2 N–H and O–H groups in total. The zero-order valence-corrected chi connectivity index (χ0v) is 16.7. The van der Waals surface area contributed by atoms with Crippen molar-refractivity contribution in [1.29, 1.82) is 0 Å². The summed E-state index contributed by atoms with van der Waals surface area (Å²) in [5.74, 6) is -0.146. The van der Waals surface area contributed by atoms with Crippen LogP contribution in [0.3, 0.4) is 0 Å². The number of carbonyl (C=O) groups is 2. The number of anilines is 1. The van der Waals surface area contributed by atoms with Crippen LogP contribution in [0.1, 0.15) is 44.1 Å². The first kappa shape index (κ1) is 19.2. The summed E-state index contributed by atoms with van der Waals surface area (Å²) in [7, 11) is -3.86. The van der Waals surface area contributed by atoms with Crippen LogP contribution in [0.2, 0.25) is 0 Å². The quantitative estimate of drug-likeness (QED) is 0.788. The van der Waals surface area contributed by atoms with E-state index < -0.39 is 16.1 Å². The largest absolute Gasteiger partial charge is 0.482 e. The first-order valence-corrected chi connectivity index (χ1v) is 11.2. The Morgan fingerprint density at radius 3 is 2.71 bits per heavy atom. The van der Waals surface area contributed by atoms with E-state index in [1.807, 2.05) is 0 Å². The molecule has 4 rings (SSSR count). The third-order valence-electron chi connectivity index (χ3n) is 5.70. The van der Waals surface area contributed by atoms with Crippen molar-refractivity contribution in [1.82, 2.24) is 9.62 Å². The fourth-order valence-corrected chi connectivity index (χ4v) is 6.16. The molecule has 2 fully saturated rings. The Hall–Kier alpha value is -2.13. The van der Waals surface area contributed by atoms with Crippen molar-refractivity contribution in [3.05, 3.63) is 17.7 Å². The normalized spacial score (nSPS) is 23.2. The van der Waals surface area contributed by atoms with Crippen LogP contribution < -0.4 is 15.4 Å². The van der Waals surface area contributed by atoms with Crippen LogP contribution in [0.25, 0.3) is 0 Å². The van der Waals surface area contributed by atoms with E-state index in [4.69, 9.17) is 4.74 Å². The summed E-state index contributed by atoms with van der Waals surface area (Å²) in [4.78, 5) is 24.3. The maximum Gasteiger partial charge on any atom is 0.262 e. The first-order valence-electron chi connectivity index (χ1n) is 9.76. The number of hydrogen-bond acceptors (Lipinski definition) is 5. The van der Waals surface area contributed by atoms with Crippen molar-refractivity contribution < 1.29 is 22.7 Å². The van der Waals surface area contributed by atoms with Crippen molar-refractivity contribution in [2.24, 2.45) is 0 Å². The minimum atomic E-state index is -3.86.